The van der Waals surface area contributed by atoms with Crippen molar-refractivity contribution >= 4 is 0 Å². The second-order valence-electron chi connectivity index (χ2n) is 8.98. The summed E-state index contributed by atoms with van der Waals surface area (Å²) in [7, 11) is 0. The van der Waals surface area contributed by atoms with Crippen molar-refractivity contribution in [1.82, 2.24) is 10.3 Å². The molecule has 1 aliphatic rings. The van der Waals surface area contributed by atoms with E-state index in [9.17, 15) is 0 Å². The van der Waals surface area contributed by atoms with Crippen molar-refractivity contribution in [3.05, 3.63) is 83.2 Å². The van der Waals surface area contributed by atoms with Crippen LogP contribution in [0.1, 0.15) is 54.5 Å². The van der Waals surface area contributed by atoms with Crippen LogP contribution in [-0.4, -0.2) is 29.8 Å². The van der Waals surface area contributed by atoms with Gasteiger partial charge in [0.2, 0.25) is 0 Å². The first-order valence-corrected chi connectivity index (χ1v) is 12.3. The Kier molecular flexibility index (Phi) is 8.73. The molecule has 1 aliphatic carbocycles. The molecule has 0 amide bonds. The molecular weight excluding hydrogens is 420 g/mol. The quantitative estimate of drug-likeness (QED) is 0.349. The lowest BCUT2D eigenvalue weighted by atomic mass is 9.90. The summed E-state index contributed by atoms with van der Waals surface area (Å²) in [5.74, 6) is 8.06. The minimum atomic E-state index is 0.100. The van der Waals surface area contributed by atoms with Crippen LogP contribution in [0.3, 0.4) is 0 Å². The lowest BCUT2D eigenvalue weighted by molar-refractivity contribution is 0.206. The van der Waals surface area contributed by atoms with E-state index in [-0.39, 0.29) is 6.61 Å². The molecule has 0 atom stereocenters. The number of nitrogens with zero attached hydrogens (tertiary/aromatic N) is 1. The Hall–Kier alpha value is -3.13. The van der Waals surface area contributed by atoms with E-state index in [1.165, 1.54) is 48.8 Å². The zero-order valence-electron chi connectivity index (χ0n) is 20.0. The molecule has 0 aliphatic heterocycles. The molecule has 0 radical (unpaired) electrons. The number of hydrogen-bond acceptors (Lipinski definition) is 4. The SMILES string of the molecule is Cc1c(C#Cc2cnc(CNCCO)c(OCC3CCCCC3)c2)cccc1-c1ccccc1. The number of aliphatic hydroxyl groups excluding tert-OH is 1. The Bertz CT molecular complexity index is 1130. The van der Waals surface area contributed by atoms with Crippen LogP contribution in [0.4, 0.5) is 0 Å². The van der Waals surface area contributed by atoms with Gasteiger partial charge in [0.15, 0.2) is 0 Å². The molecule has 0 bridgehead atoms. The number of pyridine rings is 1. The molecule has 3 aromatic rings. The minimum Gasteiger partial charge on any atom is -0.491 e. The molecule has 1 heterocycles. The predicted molar refractivity (Wildman–Crippen MR) is 138 cm³/mol. The van der Waals surface area contributed by atoms with E-state index in [0.29, 0.717) is 19.0 Å². The Labute approximate surface area is 203 Å². The van der Waals surface area contributed by atoms with E-state index >= 15 is 0 Å². The van der Waals surface area contributed by atoms with E-state index in [2.05, 4.69) is 71.5 Å². The van der Waals surface area contributed by atoms with Crippen molar-refractivity contribution < 1.29 is 9.84 Å². The van der Waals surface area contributed by atoms with Crippen molar-refractivity contribution in [2.45, 2.75) is 45.6 Å². The van der Waals surface area contributed by atoms with Gasteiger partial charge in [0, 0.05) is 30.4 Å². The number of rotatable bonds is 8. The summed E-state index contributed by atoms with van der Waals surface area (Å²) in [5, 5.41) is 12.3. The van der Waals surface area contributed by atoms with E-state index in [1.54, 1.807) is 0 Å². The maximum Gasteiger partial charge on any atom is 0.143 e. The summed E-state index contributed by atoms with van der Waals surface area (Å²) < 4.78 is 6.27. The molecule has 4 rings (SSSR count). The summed E-state index contributed by atoms with van der Waals surface area (Å²) in [4.78, 5) is 4.64. The van der Waals surface area contributed by atoms with Crippen molar-refractivity contribution in [3.63, 3.8) is 0 Å². The smallest absolute Gasteiger partial charge is 0.143 e. The lowest BCUT2D eigenvalue weighted by Crippen LogP contribution is -2.20. The highest BCUT2D eigenvalue weighted by atomic mass is 16.5. The fourth-order valence-corrected chi connectivity index (χ4v) is 4.49. The normalized spacial score (nSPS) is 13.8. The molecule has 0 unspecified atom stereocenters. The number of hydrogen-bond donors (Lipinski definition) is 2. The highest BCUT2D eigenvalue weighted by Crippen LogP contribution is 2.27. The average Bonchev–Trinajstić information content (AvgIpc) is 2.89. The van der Waals surface area contributed by atoms with Gasteiger partial charge in [0.05, 0.1) is 18.9 Å². The van der Waals surface area contributed by atoms with Gasteiger partial charge in [-0.25, -0.2) is 0 Å². The van der Waals surface area contributed by atoms with E-state index in [4.69, 9.17) is 9.84 Å². The van der Waals surface area contributed by atoms with Crippen LogP contribution in [-0.2, 0) is 6.54 Å². The minimum absolute atomic E-state index is 0.100. The van der Waals surface area contributed by atoms with Crippen LogP contribution in [0.5, 0.6) is 5.75 Å². The summed E-state index contributed by atoms with van der Waals surface area (Å²) in [6, 6.07) is 18.7. The van der Waals surface area contributed by atoms with Gasteiger partial charge in [-0.3, -0.25) is 4.98 Å². The van der Waals surface area contributed by atoms with Gasteiger partial charge in [-0.1, -0.05) is 73.6 Å². The number of nitrogens with one attached hydrogen (secondary N) is 1. The fraction of sp³-hybridized carbons (Fsp3) is 0.367. The van der Waals surface area contributed by atoms with Gasteiger partial charge in [-0.05, 0) is 54.5 Å². The second kappa shape index (κ2) is 12.4. The summed E-state index contributed by atoms with van der Waals surface area (Å²) in [6.07, 6.45) is 8.22. The van der Waals surface area contributed by atoms with Gasteiger partial charge in [0.1, 0.15) is 5.75 Å². The topological polar surface area (TPSA) is 54.4 Å². The Morgan fingerprint density at radius 3 is 2.65 bits per heavy atom. The predicted octanol–water partition coefficient (Wildman–Crippen LogP) is 5.50. The van der Waals surface area contributed by atoms with Crippen molar-refractivity contribution in [2.24, 2.45) is 5.92 Å². The molecular formula is C30H34N2O2. The van der Waals surface area contributed by atoms with Crippen molar-refractivity contribution in [1.29, 1.82) is 0 Å². The van der Waals surface area contributed by atoms with Crippen LogP contribution in [0.2, 0.25) is 0 Å². The Morgan fingerprint density at radius 1 is 1.03 bits per heavy atom. The summed E-state index contributed by atoms with van der Waals surface area (Å²) in [6.45, 7) is 4.04. The standard InChI is InChI=1S/C30H34N2O2/c1-23-26(13-8-14-28(23)27-11-6-3-7-12-27)16-15-25-19-30(29(32-20-25)21-31-17-18-33)34-22-24-9-4-2-5-10-24/h3,6-8,11-14,19-20,24,31,33H,2,4-5,9-10,17-18,21-22H2,1H3. The monoisotopic (exact) mass is 454 g/mol. The van der Waals surface area contributed by atoms with Crippen LogP contribution < -0.4 is 10.1 Å². The molecule has 4 heteroatoms. The highest BCUT2D eigenvalue weighted by Gasteiger charge is 2.15. The fourth-order valence-electron chi connectivity index (χ4n) is 4.49. The van der Waals surface area contributed by atoms with E-state index in [1.807, 2.05) is 18.3 Å². The van der Waals surface area contributed by atoms with Crippen LogP contribution in [0, 0.1) is 24.7 Å². The molecule has 0 spiro atoms. The maximum absolute atomic E-state index is 9.09. The number of aromatic nitrogens is 1. The van der Waals surface area contributed by atoms with Crippen LogP contribution in [0.15, 0.2) is 60.8 Å². The third-order valence-electron chi connectivity index (χ3n) is 6.47. The first-order valence-electron chi connectivity index (χ1n) is 12.3. The molecule has 176 valence electrons. The van der Waals surface area contributed by atoms with Crippen LogP contribution in [0.25, 0.3) is 11.1 Å². The maximum atomic E-state index is 9.09. The van der Waals surface area contributed by atoms with Crippen molar-refractivity contribution in [2.75, 3.05) is 19.8 Å². The molecule has 0 saturated heterocycles. The largest absolute Gasteiger partial charge is 0.491 e. The zero-order chi connectivity index (χ0) is 23.6. The molecule has 1 fully saturated rings. The summed E-state index contributed by atoms with van der Waals surface area (Å²) >= 11 is 0. The van der Waals surface area contributed by atoms with Gasteiger partial charge in [-0.2, -0.15) is 0 Å². The van der Waals surface area contributed by atoms with Gasteiger partial charge < -0.3 is 15.2 Å². The molecule has 34 heavy (non-hydrogen) atoms. The average molecular weight is 455 g/mol. The zero-order valence-corrected chi connectivity index (χ0v) is 20.0. The number of aliphatic hydroxyl groups is 1. The molecule has 1 aromatic heterocycles. The number of ether oxygens (including phenoxy) is 1. The highest BCUT2D eigenvalue weighted by molar-refractivity contribution is 5.70. The Balaban J connectivity index is 1.55. The van der Waals surface area contributed by atoms with Gasteiger partial charge >= 0.3 is 0 Å². The van der Waals surface area contributed by atoms with E-state index < -0.39 is 0 Å². The molecule has 4 nitrogen and oxygen atoms in total. The lowest BCUT2D eigenvalue weighted by Gasteiger charge is -2.22. The summed E-state index contributed by atoms with van der Waals surface area (Å²) in [5.41, 5.74) is 6.29. The second-order valence-corrected chi connectivity index (χ2v) is 8.98. The third kappa shape index (κ3) is 6.47. The Morgan fingerprint density at radius 2 is 1.85 bits per heavy atom. The molecule has 2 aromatic carbocycles. The number of benzene rings is 2. The first-order chi connectivity index (χ1) is 16.7. The van der Waals surface area contributed by atoms with E-state index in [0.717, 1.165) is 29.2 Å². The molecule has 2 N–H and O–H groups in total. The van der Waals surface area contributed by atoms with Gasteiger partial charge in [0.25, 0.3) is 0 Å². The first kappa shape index (κ1) is 24.0. The van der Waals surface area contributed by atoms with Crippen molar-refractivity contribution in [3.8, 4) is 28.7 Å². The third-order valence-corrected chi connectivity index (χ3v) is 6.47. The van der Waals surface area contributed by atoms with Gasteiger partial charge in [-0.15, -0.1) is 0 Å². The molecule has 1 saturated carbocycles. The van der Waals surface area contributed by atoms with Crippen LogP contribution >= 0.6 is 0 Å².